The average Bonchev–Trinajstić information content (AvgIpc) is 2.99. The van der Waals surface area contributed by atoms with E-state index >= 15 is 0 Å². The van der Waals surface area contributed by atoms with Gasteiger partial charge in [-0.05, 0) is 12.8 Å². The van der Waals surface area contributed by atoms with Gasteiger partial charge in [0.25, 0.3) is 0 Å². The number of carbonyl (C=O) groups is 1. The summed E-state index contributed by atoms with van der Waals surface area (Å²) in [4.78, 5) is 11.6. The van der Waals surface area contributed by atoms with Crippen molar-refractivity contribution in [1.29, 1.82) is 0 Å². The van der Waals surface area contributed by atoms with Gasteiger partial charge in [0.1, 0.15) is 5.01 Å². The van der Waals surface area contributed by atoms with E-state index in [9.17, 15) is 4.79 Å². The highest BCUT2D eigenvalue weighted by atomic mass is 32.1. The molecule has 2 N–H and O–H groups in total. The number of anilines is 1. The highest BCUT2D eigenvalue weighted by Gasteiger charge is 2.16. The molecule has 18 heavy (non-hydrogen) atoms. The van der Waals surface area contributed by atoms with Crippen molar-refractivity contribution in [3.63, 3.8) is 0 Å². The Morgan fingerprint density at radius 2 is 2.44 bits per heavy atom. The molecule has 2 amide bonds. The second-order valence-electron chi connectivity index (χ2n) is 4.32. The number of urea groups is 1. The Bertz CT molecular complexity index is 390. The lowest BCUT2D eigenvalue weighted by molar-refractivity contribution is 0.185. The van der Waals surface area contributed by atoms with E-state index in [1.807, 2.05) is 0 Å². The largest absolute Gasteiger partial charge is 0.381 e. The predicted octanol–water partition coefficient (Wildman–Crippen LogP) is 1.65. The van der Waals surface area contributed by atoms with Crippen LogP contribution in [0.15, 0.2) is 0 Å². The van der Waals surface area contributed by atoms with Crippen molar-refractivity contribution in [3.05, 3.63) is 5.01 Å². The Morgan fingerprint density at radius 3 is 3.17 bits per heavy atom. The maximum absolute atomic E-state index is 11.6. The average molecular weight is 270 g/mol. The van der Waals surface area contributed by atoms with Crippen LogP contribution in [0.1, 0.15) is 24.8 Å². The molecule has 1 aliphatic rings. The van der Waals surface area contributed by atoms with Gasteiger partial charge in [-0.3, -0.25) is 5.32 Å². The molecule has 1 aliphatic heterocycles. The first-order chi connectivity index (χ1) is 8.78. The summed E-state index contributed by atoms with van der Waals surface area (Å²) in [5.41, 5.74) is 0. The summed E-state index contributed by atoms with van der Waals surface area (Å²) in [6.07, 6.45) is 2.95. The van der Waals surface area contributed by atoms with Crippen LogP contribution in [0.4, 0.5) is 9.93 Å². The van der Waals surface area contributed by atoms with Crippen LogP contribution in [0.2, 0.25) is 0 Å². The molecule has 0 aliphatic carbocycles. The molecule has 2 heterocycles. The van der Waals surface area contributed by atoms with E-state index in [1.165, 1.54) is 11.3 Å². The number of carbonyl (C=O) groups excluding carboxylic acids is 1. The number of ether oxygens (including phenoxy) is 1. The second kappa shape index (κ2) is 6.65. The van der Waals surface area contributed by atoms with Crippen LogP contribution >= 0.6 is 11.3 Å². The Labute approximate surface area is 110 Å². The standard InChI is InChI=1S/C11H18N4O2S/c1-2-3-9-14-15-11(18-9)13-10(16)12-6-8-4-5-17-7-8/h8H,2-7H2,1H3,(H2,12,13,15,16)/t8-/m1/s1. The number of rotatable bonds is 5. The van der Waals surface area contributed by atoms with Gasteiger partial charge < -0.3 is 10.1 Å². The van der Waals surface area contributed by atoms with Gasteiger partial charge in [0.2, 0.25) is 5.13 Å². The summed E-state index contributed by atoms with van der Waals surface area (Å²) in [5, 5.41) is 15.0. The van der Waals surface area contributed by atoms with Crippen molar-refractivity contribution in [1.82, 2.24) is 15.5 Å². The zero-order chi connectivity index (χ0) is 12.8. The minimum atomic E-state index is -0.221. The maximum Gasteiger partial charge on any atom is 0.321 e. The first-order valence-corrected chi connectivity index (χ1v) is 7.04. The van der Waals surface area contributed by atoms with Crippen LogP contribution in [-0.4, -0.2) is 36.0 Å². The number of nitrogens with zero attached hydrogens (tertiary/aromatic N) is 2. The lowest BCUT2D eigenvalue weighted by atomic mass is 10.1. The van der Waals surface area contributed by atoms with E-state index in [0.717, 1.165) is 37.5 Å². The molecule has 0 radical (unpaired) electrons. The molecule has 0 unspecified atom stereocenters. The molecule has 0 saturated carbocycles. The highest BCUT2D eigenvalue weighted by molar-refractivity contribution is 7.15. The van der Waals surface area contributed by atoms with Gasteiger partial charge in [-0.25, -0.2) is 4.79 Å². The summed E-state index contributed by atoms with van der Waals surface area (Å²) < 4.78 is 5.25. The third kappa shape index (κ3) is 3.92. The van der Waals surface area contributed by atoms with Gasteiger partial charge in [0, 0.05) is 25.5 Å². The molecule has 2 rings (SSSR count). The second-order valence-corrected chi connectivity index (χ2v) is 5.38. The van der Waals surface area contributed by atoms with Crippen LogP contribution in [0.3, 0.4) is 0 Å². The van der Waals surface area contributed by atoms with Crippen LogP contribution in [0.5, 0.6) is 0 Å². The minimum absolute atomic E-state index is 0.221. The maximum atomic E-state index is 11.6. The molecule has 0 bridgehead atoms. The van der Waals surface area contributed by atoms with E-state index in [2.05, 4.69) is 27.8 Å². The number of hydrogen-bond donors (Lipinski definition) is 2. The van der Waals surface area contributed by atoms with Gasteiger partial charge in [0.15, 0.2) is 0 Å². The van der Waals surface area contributed by atoms with Crippen molar-refractivity contribution in [2.24, 2.45) is 5.92 Å². The molecule has 1 saturated heterocycles. The molecule has 1 aromatic rings. The van der Waals surface area contributed by atoms with Crippen molar-refractivity contribution in [2.45, 2.75) is 26.2 Å². The van der Waals surface area contributed by atoms with E-state index in [1.54, 1.807) is 0 Å². The monoisotopic (exact) mass is 270 g/mol. The minimum Gasteiger partial charge on any atom is -0.381 e. The Balaban J connectivity index is 1.72. The third-order valence-electron chi connectivity index (χ3n) is 2.73. The van der Waals surface area contributed by atoms with Crippen molar-refractivity contribution < 1.29 is 9.53 Å². The molecule has 7 heteroatoms. The predicted molar refractivity (Wildman–Crippen MR) is 69.9 cm³/mol. The van der Waals surface area contributed by atoms with E-state index in [0.29, 0.717) is 17.6 Å². The van der Waals surface area contributed by atoms with Crippen LogP contribution in [-0.2, 0) is 11.2 Å². The van der Waals surface area contributed by atoms with Crippen LogP contribution < -0.4 is 10.6 Å². The number of hydrogen-bond acceptors (Lipinski definition) is 5. The number of nitrogens with one attached hydrogen (secondary N) is 2. The van der Waals surface area contributed by atoms with Gasteiger partial charge in [0.05, 0.1) is 6.61 Å². The fraction of sp³-hybridized carbons (Fsp3) is 0.727. The highest BCUT2D eigenvalue weighted by Crippen LogP contribution is 2.16. The normalized spacial score (nSPS) is 18.8. The first kappa shape index (κ1) is 13.2. The molecular weight excluding hydrogens is 252 g/mol. The summed E-state index contributed by atoms with van der Waals surface area (Å²) >= 11 is 1.43. The summed E-state index contributed by atoms with van der Waals surface area (Å²) in [6, 6.07) is -0.221. The van der Waals surface area contributed by atoms with Crippen molar-refractivity contribution in [2.75, 3.05) is 25.1 Å². The zero-order valence-corrected chi connectivity index (χ0v) is 11.3. The van der Waals surface area contributed by atoms with E-state index in [-0.39, 0.29) is 6.03 Å². The van der Waals surface area contributed by atoms with Gasteiger partial charge in [-0.15, -0.1) is 10.2 Å². The Morgan fingerprint density at radius 1 is 1.56 bits per heavy atom. The fourth-order valence-corrected chi connectivity index (χ4v) is 2.58. The lowest BCUT2D eigenvalue weighted by Crippen LogP contribution is -2.33. The Hall–Kier alpha value is -1.21. The molecule has 1 atom stereocenters. The van der Waals surface area contributed by atoms with Crippen LogP contribution in [0, 0.1) is 5.92 Å². The fourth-order valence-electron chi connectivity index (χ4n) is 1.74. The molecular formula is C11H18N4O2S. The molecule has 1 fully saturated rings. The first-order valence-electron chi connectivity index (χ1n) is 6.23. The summed E-state index contributed by atoms with van der Waals surface area (Å²) in [7, 11) is 0. The number of amides is 2. The SMILES string of the molecule is CCCc1nnc(NC(=O)NC[C@H]2CCOC2)s1. The summed E-state index contributed by atoms with van der Waals surface area (Å²) in [5.74, 6) is 0.431. The van der Waals surface area contributed by atoms with Gasteiger partial charge in [-0.2, -0.15) is 0 Å². The smallest absolute Gasteiger partial charge is 0.321 e. The van der Waals surface area contributed by atoms with E-state index < -0.39 is 0 Å². The Kier molecular flexibility index (Phi) is 4.89. The van der Waals surface area contributed by atoms with E-state index in [4.69, 9.17) is 4.74 Å². The molecule has 0 aromatic carbocycles. The number of aromatic nitrogens is 2. The lowest BCUT2D eigenvalue weighted by Gasteiger charge is -2.08. The molecule has 100 valence electrons. The molecule has 1 aromatic heterocycles. The molecule has 6 nitrogen and oxygen atoms in total. The topological polar surface area (TPSA) is 76.1 Å². The summed E-state index contributed by atoms with van der Waals surface area (Å²) in [6.45, 7) is 4.27. The zero-order valence-electron chi connectivity index (χ0n) is 10.4. The van der Waals surface area contributed by atoms with Gasteiger partial charge >= 0.3 is 6.03 Å². The number of aryl methyl sites for hydroxylation is 1. The van der Waals surface area contributed by atoms with Crippen molar-refractivity contribution >= 4 is 22.5 Å². The van der Waals surface area contributed by atoms with Crippen molar-refractivity contribution in [3.8, 4) is 0 Å². The van der Waals surface area contributed by atoms with Crippen LogP contribution in [0.25, 0.3) is 0 Å². The molecule has 0 spiro atoms. The third-order valence-corrected chi connectivity index (χ3v) is 3.62. The van der Waals surface area contributed by atoms with Gasteiger partial charge in [-0.1, -0.05) is 18.3 Å². The quantitative estimate of drug-likeness (QED) is 0.853.